The van der Waals surface area contributed by atoms with E-state index in [2.05, 4.69) is 12.1 Å². The average molecular weight is 304 g/mol. The summed E-state index contributed by atoms with van der Waals surface area (Å²) in [5.74, 6) is -0.242. The van der Waals surface area contributed by atoms with E-state index in [1.165, 1.54) is 9.69 Å². The van der Waals surface area contributed by atoms with Gasteiger partial charge in [0, 0.05) is 0 Å². The molecule has 0 aliphatic carbocycles. The molecule has 3 heteroatoms. The summed E-state index contributed by atoms with van der Waals surface area (Å²) in [5.41, 5.74) is 0. The van der Waals surface area contributed by atoms with Crippen LogP contribution in [0, 0.1) is 0 Å². The molecule has 0 radical (unpaired) electrons. The molecular weight excluding hydrogens is 292 g/mol. The van der Waals surface area contributed by atoms with Crippen LogP contribution in [0.4, 0.5) is 0 Å². The molecule has 0 aliphatic heterocycles. The first-order valence-electron chi connectivity index (χ1n) is 4.38. The van der Waals surface area contributed by atoms with Crippen molar-refractivity contribution in [1.82, 2.24) is 0 Å². The van der Waals surface area contributed by atoms with Gasteiger partial charge in [-0.2, -0.15) is 0 Å². The normalized spacial score (nSPS) is 10.4. The van der Waals surface area contributed by atoms with Gasteiger partial charge in [0.15, 0.2) is 0 Å². The van der Waals surface area contributed by atoms with Crippen molar-refractivity contribution in [1.29, 1.82) is 0 Å². The summed E-state index contributed by atoms with van der Waals surface area (Å²) < 4.78 is 8.04. The summed E-state index contributed by atoms with van der Waals surface area (Å²) in [6, 6.07) is 10.2. The summed E-state index contributed by atoms with van der Waals surface area (Å²) >= 11 is -0.375. The Balaban J connectivity index is 2.37. The van der Waals surface area contributed by atoms with Crippen molar-refractivity contribution in [2.24, 2.45) is 0 Å². The monoisotopic (exact) mass is 306 g/mol. The van der Waals surface area contributed by atoms with Crippen LogP contribution in [0.2, 0.25) is 0 Å². The molecule has 1 rings (SSSR count). The summed E-state index contributed by atoms with van der Waals surface area (Å²) in [5, 5.41) is 0. The number of hydrogen-bond donors (Lipinski definition) is 0. The van der Waals surface area contributed by atoms with Gasteiger partial charge in [0.1, 0.15) is 0 Å². The maximum atomic E-state index is 10.9. The SMILES string of the molecule is CCOC(=O)/C=C\[Te]c1ccccc1. The van der Waals surface area contributed by atoms with Crippen molar-refractivity contribution in [3.63, 3.8) is 0 Å². The zero-order chi connectivity index (χ0) is 10.2. The van der Waals surface area contributed by atoms with Crippen molar-refractivity contribution in [3.05, 3.63) is 40.5 Å². The Labute approximate surface area is 94.0 Å². The standard InChI is InChI=1S/C11H12O2Te/c1-2-13-11(12)8-9-14-10-6-4-3-5-7-10/h3-9H,2H2,1H3/b9-8-. The van der Waals surface area contributed by atoms with Crippen LogP contribution in [0.3, 0.4) is 0 Å². The van der Waals surface area contributed by atoms with E-state index in [0.717, 1.165) is 0 Å². The van der Waals surface area contributed by atoms with Gasteiger partial charge in [0.2, 0.25) is 0 Å². The molecule has 74 valence electrons. The minimum atomic E-state index is -0.375. The number of carbonyl (C=O) groups excluding carboxylic acids is 1. The zero-order valence-corrected chi connectivity index (χ0v) is 10.3. The Morgan fingerprint density at radius 3 is 2.79 bits per heavy atom. The summed E-state index contributed by atoms with van der Waals surface area (Å²) in [6.07, 6.45) is 1.53. The van der Waals surface area contributed by atoms with E-state index in [1.54, 1.807) is 6.92 Å². The van der Waals surface area contributed by atoms with Gasteiger partial charge in [-0.3, -0.25) is 0 Å². The quantitative estimate of drug-likeness (QED) is 0.473. The third kappa shape index (κ3) is 4.45. The molecule has 0 aliphatic rings. The predicted molar refractivity (Wildman–Crippen MR) is 57.6 cm³/mol. The topological polar surface area (TPSA) is 26.3 Å². The van der Waals surface area contributed by atoms with Gasteiger partial charge in [-0.25, -0.2) is 0 Å². The first-order chi connectivity index (χ1) is 6.83. The fraction of sp³-hybridized carbons (Fsp3) is 0.182. The Morgan fingerprint density at radius 2 is 2.14 bits per heavy atom. The van der Waals surface area contributed by atoms with E-state index in [4.69, 9.17) is 4.74 Å². The summed E-state index contributed by atoms with van der Waals surface area (Å²) in [6.45, 7) is 2.24. The van der Waals surface area contributed by atoms with Crippen LogP contribution < -0.4 is 3.61 Å². The molecule has 1 aromatic carbocycles. The fourth-order valence-corrected chi connectivity index (χ4v) is 2.71. The maximum absolute atomic E-state index is 10.9. The van der Waals surface area contributed by atoms with Crippen LogP contribution in [0.1, 0.15) is 6.92 Å². The molecule has 0 saturated heterocycles. The number of hydrogen-bond acceptors (Lipinski definition) is 2. The van der Waals surface area contributed by atoms with Crippen LogP contribution in [0.15, 0.2) is 40.5 Å². The molecule has 0 heterocycles. The van der Waals surface area contributed by atoms with Crippen LogP contribution in [0.5, 0.6) is 0 Å². The number of ether oxygens (including phenoxy) is 1. The predicted octanol–water partition coefficient (Wildman–Crippen LogP) is 1.09. The number of esters is 1. The van der Waals surface area contributed by atoms with E-state index >= 15 is 0 Å². The van der Waals surface area contributed by atoms with E-state index < -0.39 is 0 Å². The summed E-state index contributed by atoms with van der Waals surface area (Å²) in [7, 11) is 0. The average Bonchev–Trinajstić information content (AvgIpc) is 2.20. The second-order valence-electron chi connectivity index (χ2n) is 2.49. The van der Waals surface area contributed by atoms with Crippen molar-refractivity contribution in [3.8, 4) is 0 Å². The van der Waals surface area contributed by atoms with Gasteiger partial charge >= 0.3 is 94.1 Å². The number of benzene rings is 1. The number of carbonyl (C=O) groups is 1. The molecule has 0 atom stereocenters. The molecule has 2 nitrogen and oxygen atoms in total. The van der Waals surface area contributed by atoms with Gasteiger partial charge in [-0.15, -0.1) is 0 Å². The molecule has 0 spiro atoms. The van der Waals surface area contributed by atoms with Crippen molar-refractivity contribution in [2.45, 2.75) is 6.92 Å². The van der Waals surface area contributed by atoms with Crippen LogP contribution in [0.25, 0.3) is 0 Å². The van der Waals surface area contributed by atoms with E-state index in [0.29, 0.717) is 6.61 Å². The van der Waals surface area contributed by atoms with Crippen LogP contribution in [-0.2, 0) is 9.53 Å². The van der Waals surface area contributed by atoms with Gasteiger partial charge < -0.3 is 0 Å². The molecule has 0 N–H and O–H groups in total. The third-order valence-corrected chi connectivity index (χ3v) is 3.77. The van der Waals surface area contributed by atoms with Gasteiger partial charge in [-0.05, 0) is 0 Å². The first kappa shape index (κ1) is 11.3. The molecule has 0 aromatic heterocycles. The Hall–Kier alpha value is -0.780. The molecule has 14 heavy (non-hydrogen) atoms. The van der Waals surface area contributed by atoms with Gasteiger partial charge in [0.25, 0.3) is 0 Å². The Bertz CT molecular complexity index is 306. The molecule has 1 aromatic rings. The molecule has 0 unspecified atom stereocenters. The minimum absolute atomic E-state index is 0.242. The van der Waals surface area contributed by atoms with Gasteiger partial charge in [0.05, 0.1) is 0 Å². The van der Waals surface area contributed by atoms with Crippen LogP contribution in [-0.4, -0.2) is 33.5 Å². The van der Waals surface area contributed by atoms with Crippen molar-refractivity contribution >= 4 is 30.5 Å². The molecule has 0 bridgehead atoms. The first-order valence-corrected chi connectivity index (χ1v) is 6.89. The van der Waals surface area contributed by atoms with Crippen LogP contribution >= 0.6 is 0 Å². The van der Waals surface area contributed by atoms with Crippen molar-refractivity contribution in [2.75, 3.05) is 6.61 Å². The van der Waals surface area contributed by atoms with E-state index in [-0.39, 0.29) is 26.9 Å². The Morgan fingerprint density at radius 1 is 1.43 bits per heavy atom. The second-order valence-corrected chi connectivity index (χ2v) is 5.28. The second kappa shape index (κ2) is 6.64. The Kier molecular flexibility index (Phi) is 5.36. The van der Waals surface area contributed by atoms with Crippen molar-refractivity contribution < 1.29 is 9.53 Å². The molecule has 0 saturated carbocycles. The summed E-state index contributed by atoms with van der Waals surface area (Å²) in [4.78, 5) is 10.9. The molecule has 0 amide bonds. The van der Waals surface area contributed by atoms with E-state index in [9.17, 15) is 4.79 Å². The fourth-order valence-electron chi connectivity index (χ4n) is 0.858. The third-order valence-electron chi connectivity index (χ3n) is 1.44. The molecular formula is C11H12O2Te. The molecule has 0 fully saturated rings. The number of rotatable bonds is 4. The van der Waals surface area contributed by atoms with E-state index in [1.807, 2.05) is 22.3 Å². The zero-order valence-electron chi connectivity index (χ0n) is 7.97. The van der Waals surface area contributed by atoms with Gasteiger partial charge in [-0.1, -0.05) is 0 Å².